The second kappa shape index (κ2) is 12.6. The highest BCUT2D eigenvalue weighted by atomic mass is 32.2. The Morgan fingerprint density at radius 2 is 1.79 bits per heavy atom. The molecule has 1 N–H and O–H groups in total. The molecule has 3 aliphatic rings. The number of rotatable bonds is 12. The Labute approximate surface area is 256 Å². The van der Waals surface area contributed by atoms with Gasteiger partial charge in [-0.1, -0.05) is 63.3 Å². The number of hydrogen-bond acceptors (Lipinski definition) is 5. The minimum Gasteiger partial charge on any atom is -0.394 e. The van der Waals surface area contributed by atoms with Crippen LogP contribution < -0.4 is 0 Å². The summed E-state index contributed by atoms with van der Waals surface area (Å²) >= 11 is 1.68. The predicted molar refractivity (Wildman–Crippen MR) is 170 cm³/mol. The first kappa shape index (κ1) is 32.3. The molecule has 3 saturated heterocycles. The summed E-state index contributed by atoms with van der Waals surface area (Å²) in [7, 11) is 0. The molecule has 1 spiro atoms. The lowest BCUT2D eigenvalue weighted by Gasteiger charge is -2.45. The zero-order valence-corrected chi connectivity index (χ0v) is 27.0. The van der Waals surface area contributed by atoms with Gasteiger partial charge in [0.2, 0.25) is 17.7 Å². The van der Waals surface area contributed by atoms with Crippen LogP contribution in [-0.4, -0.2) is 84.8 Å². The van der Waals surface area contributed by atoms with E-state index < -0.39 is 34.2 Å². The molecule has 1 aromatic rings. The van der Waals surface area contributed by atoms with E-state index in [4.69, 9.17) is 0 Å². The van der Waals surface area contributed by atoms with Crippen molar-refractivity contribution in [1.82, 2.24) is 14.7 Å². The van der Waals surface area contributed by atoms with Crippen LogP contribution in [0.1, 0.15) is 59.9 Å². The molecule has 3 heterocycles. The van der Waals surface area contributed by atoms with Gasteiger partial charge in [0, 0.05) is 30.4 Å². The summed E-state index contributed by atoms with van der Waals surface area (Å²) in [6.45, 7) is 21.0. The molecule has 4 rings (SSSR count). The van der Waals surface area contributed by atoms with E-state index in [1.165, 1.54) is 0 Å². The van der Waals surface area contributed by atoms with E-state index in [0.29, 0.717) is 26.1 Å². The maximum absolute atomic E-state index is 14.7. The summed E-state index contributed by atoms with van der Waals surface area (Å²) in [5.41, 5.74) is 0.513. The van der Waals surface area contributed by atoms with Gasteiger partial charge in [0.15, 0.2) is 0 Å². The lowest BCUT2D eigenvalue weighted by Crippen LogP contribution is -2.62. The first-order chi connectivity index (χ1) is 19.8. The molecule has 3 aliphatic heterocycles. The minimum atomic E-state index is -0.769. The highest BCUT2D eigenvalue weighted by molar-refractivity contribution is 8.02. The topological polar surface area (TPSA) is 81.2 Å². The minimum absolute atomic E-state index is 0.0513. The number of likely N-dealkylation sites (tertiary alicyclic amines) is 1. The normalized spacial score (nSPS) is 29.0. The summed E-state index contributed by atoms with van der Waals surface area (Å²) in [6.07, 6.45) is 4.79. The Kier molecular flexibility index (Phi) is 9.68. The number of aliphatic hydroxyl groups is 1. The van der Waals surface area contributed by atoms with Gasteiger partial charge in [0.05, 0.1) is 29.2 Å². The van der Waals surface area contributed by atoms with Gasteiger partial charge < -0.3 is 19.8 Å². The summed E-state index contributed by atoms with van der Waals surface area (Å²) in [5, 5.41) is 10.6. The number of benzene rings is 1. The highest BCUT2D eigenvalue weighted by Gasteiger charge is 2.77. The summed E-state index contributed by atoms with van der Waals surface area (Å²) in [6, 6.07) is 8.59. The second-order valence-electron chi connectivity index (χ2n) is 13.7. The number of hydrogen-bond donors (Lipinski definition) is 1. The largest absolute Gasteiger partial charge is 0.394 e. The Bertz CT molecular complexity index is 1180. The first-order valence-corrected chi connectivity index (χ1v) is 16.2. The molecule has 3 fully saturated rings. The lowest BCUT2D eigenvalue weighted by atomic mass is 9.65. The predicted octanol–water partition coefficient (Wildman–Crippen LogP) is 4.76. The molecular weight excluding hydrogens is 546 g/mol. The van der Waals surface area contributed by atoms with Crippen molar-refractivity contribution in [2.24, 2.45) is 23.7 Å². The fourth-order valence-corrected chi connectivity index (χ4v) is 10.0. The molecule has 230 valence electrons. The average molecular weight is 596 g/mol. The van der Waals surface area contributed by atoms with Gasteiger partial charge >= 0.3 is 0 Å². The van der Waals surface area contributed by atoms with E-state index in [1.807, 2.05) is 51.1 Å². The molecular formula is C34H49N3O4S. The smallest absolute Gasteiger partial charge is 0.247 e. The van der Waals surface area contributed by atoms with Gasteiger partial charge in [-0.2, -0.15) is 0 Å². The third-order valence-electron chi connectivity index (χ3n) is 9.31. The van der Waals surface area contributed by atoms with Crippen LogP contribution >= 0.6 is 11.8 Å². The number of fused-ring (bicyclic) bond motifs is 1. The van der Waals surface area contributed by atoms with Gasteiger partial charge in [-0.15, -0.1) is 24.9 Å². The first-order valence-electron chi connectivity index (χ1n) is 15.3. The molecule has 2 bridgehead atoms. The van der Waals surface area contributed by atoms with Crippen LogP contribution in [0.5, 0.6) is 0 Å². The molecule has 0 aromatic heterocycles. The maximum atomic E-state index is 14.7. The van der Waals surface area contributed by atoms with Crippen molar-refractivity contribution in [1.29, 1.82) is 0 Å². The average Bonchev–Trinajstić information content (AvgIpc) is 3.53. The van der Waals surface area contributed by atoms with Gasteiger partial charge in [0.25, 0.3) is 0 Å². The Morgan fingerprint density at radius 1 is 1.14 bits per heavy atom. The number of carbonyl (C=O) groups excluding carboxylic acids is 3. The number of nitrogens with zero attached hydrogens (tertiary/aromatic N) is 3. The highest BCUT2D eigenvalue weighted by Crippen LogP contribution is 2.69. The van der Waals surface area contributed by atoms with Crippen LogP contribution in [0.3, 0.4) is 0 Å². The molecule has 1 aromatic carbocycles. The van der Waals surface area contributed by atoms with Crippen LogP contribution in [0.4, 0.5) is 0 Å². The quantitative estimate of drug-likeness (QED) is 0.353. The molecule has 0 radical (unpaired) electrons. The van der Waals surface area contributed by atoms with E-state index in [2.05, 4.69) is 33.9 Å². The fourth-order valence-electron chi connectivity index (χ4n) is 7.61. The summed E-state index contributed by atoms with van der Waals surface area (Å²) in [5.74, 6) is -1.26. The molecule has 0 aliphatic carbocycles. The van der Waals surface area contributed by atoms with Crippen molar-refractivity contribution in [3.05, 3.63) is 61.2 Å². The van der Waals surface area contributed by atoms with E-state index >= 15 is 0 Å². The standard InChI is InChI=1S/C34H49N3O4S/c1-9-16-35(20-24-14-12-11-13-15-24)30(39)27-26-19-23(5)34(42-26)28(27)31(40)37(25(21-38)18-22(3)4)29(34)32(41)36(17-10-2)33(6,7)8/h9-15,22-23,25-29,38H,1-2,16-21H2,3-8H3/t23?,25-,26-,27+,28+,29?,34?/m1/s1. The van der Waals surface area contributed by atoms with Crippen molar-refractivity contribution >= 4 is 29.5 Å². The van der Waals surface area contributed by atoms with Gasteiger partial charge in [-0.3, -0.25) is 14.4 Å². The van der Waals surface area contributed by atoms with E-state index in [-0.39, 0.29) is 41.4 Å². The fraction of sp³-hybridized carbons (Fsp3) is 0.618. The van der Waals surface area contributed by atoms with Crippen molar-refractivity contribution in [2.45, 2.75) is 88.5 Å². The molecule has 3 unspecified atom stereocenters. The van der Waals surface area contributed by atoms with Crippen LogP contribution in [0, 0.1) is 23.7 Å². The van der Waals surface area contributed by atoms with E-state index in [9.17, 15) is 19.5 Å². The Morgan fingerprint density at radius 3 is 2.33 bits per heavy atom. The molecule has 0 saturated carbocycles. The number of amides is 3. The maximum Gasteiger partial charge on any atom is 0.247 e. The number of carbonyl (C=O) groups is 3. The molecule has 8 heteroatoms. The van der Waals surface area contributed by atoms with Crippen LogP contribution in [-0.2, 0) is 20.9 Å². The number of thioether (sulfide) groups is 1. The zero-order chi connectivity index (χ0) is 31.0. The van der Waals surface area contributed by atoms with E-state index in [1.54, 1.807) is 38.6 Å². The second-order valence-corrected chi connectivity index (χ2v) is 15.2. The van der Waals surface area contributed by atoms with Crippen molar-refractivity contribution < 1.29 is 19.5 Å². The van der Waals surface area contributed by atoms with Crippen LogP contribution in [0.2, 0.25) is 0 Å². The molecule has 42 heavy (non-hydrogen) atoms. The van der Waals surface area contributed by atoms with Gasteiger partial charge in [0.1, 0.15) is 6.04 Å². The van der Waals surface area contributed by atoms with Gasteiger partial charge in [-0.25, -0.2) is 0 Å². The lowest BCUT2D eigenvalue weighted by molar-refractivity contribution is -0.149. The number of aliphatic hydroxyl groups excluding tert-OH is 1. The Balaban J connectivity index is 1.82. The van der Waals surface area contributed by atoms with Gasteiger partial charge in [-0.05, 0) is 51.0 Å². The summed E-state index contributed by atoms with van der Waals surface area (Å²) in [4.78, 5) is 49.2. The van der Waals surface area contributed by atoms with Crippen molar-refractivity contribution in [3.63, 3.8) is 0 Å². The Hall–Kier alpha value is -2.58. The third-order valence-corrected chi connectivity index (χ3v) is 11.4. The van der Waals surface area contributed by atoms with Crippen LogP contribution in [0.25, 0.3) is 0 Å². The molecule has 7 nitrogen and oxygen atoms in total. The van der Waals surface area contributed by atoms with Crippen molar-refractivity contribution in [2.75, 3.05) is 19.7 Å². The monoisotopic (exact) mass is 595 g/mol. The molecule has 7 atom stereocenters. The van der Waals surface area contributed by atoms with Crippen molar-refractivity contribution in [3.8, 4) is 0 Å². The zero-order valence-electron chi connectivity index (χ0n) is 26.2. The van der Waals surface area contributed by atoms with E-state index in [0.717, 1.165) is 12.0 Å². The third kappa shape index (κ3) is 5.57. The SMILES string of the molecule is C=CCN(Cc1ccccc1)C(=O)[C@@H]1[C@H]2C(=O)N([C@@H](CO)CC(C)C)C(C(=O)N(CC=C)C(C)(C)C)C23S[C@@H]1CC3C. The molecule has 3 amide bonds. The van der Waals surface area contributed by atoms with Crippen LogP contribution in [0.15, 0.2) is 55.6 Å². The summed E-state index contributed by atoms with van der Waals surface area (Å²) < 4.78 is -0.749.